The van der Waals surface area contributed by atoms with Crippen molar-refractivity contribution in [2.75, 3.05) is 0 Å². The van der Waals surface area contributed by atoms with Gasteiger partial charge in [0, 0.05) is 22.4 Å². The van der Waals surface area contributed by atoms with Crippen LogP contribution in [0.1, 0.15) is 5.69 Å². The summed E-state index contributed by atoms with van der Waals surface area (Å²) in [6.07, 6.45) is 0. The average Bonchev–Trinajstić information content (AvgIpc) is 3.09. The molecule has 0 aliphatic carbocycles. The number of rotatable bonds is 6. The van der Waals surface area contributed by atoms with Gasteiger partial charge < -0.3 is 0 Å². The smallest absolute Gasteiger partial charge is 0.0715 e. The van der Waals surface area contributed by atoms with Gasteiger partial charge in [-0.15, -0.1) is 0 Å². The highest BCUT2D eigenvalue weighted by Gasteiger charge is 2.12. The van der Waals surface area contributed by atoms with Gasteiger partial charge in [0.25, 0.3) is 0 Å². The van der Waals surface area contributed by atoms with E-state index in [1.165, 1.54) is 16.7 Å². The maximum absolute atomic E-state index is 5.10. The van der Waals surface area contributed by atoms with Crippen LogP contribution in [0.25, 0.3) is 67.2 Å². The summed E-state index contributed by atoms with van der Waals surface area (Å²) in [5.74, 6) is 0. The van der Waals surface area contributed by atoms with Gasteiger partial charge in [0.05, 0.1) is 17.1 Å². The van der Waals surface area contributed by atoms with E-state index in [4.69, 9.17) is 9.97 Å². The molecule has 204 valence electrons. The lowest BCUT2D eigenvalue weighted by molar-refractivity contribution is 1.21. The van der Waals surface area contributed by atoms with Crippen molar-refractivity contribution in [2.45, 2.75) is 6.92 Å². The van der Waals surface area contributed by atoms with Gasteiger partial charge in [-0.25, -0.2) is 4.98 Å². The van der Waals surface area contributed by atoms with Crippen molar-refractivity contribution in [2.24, 2.45) is 0 Å². The second-order valence-electron chi connectivity index (χ2n) is 10.8. The van der Waals surface area contributed by atoms with Gasteiger partial charge in [0.15, 0.2) is 0 Å². The van der Waals surface area contributed by atoms with Gasteiger partial charge in [0.1, 0.15) is 0 Å². The van der Waals surface area contributed by atoms with Crippen LogP contribution in [-0.2, 0) is 0 Å². The van der Waals surface area contributed by atoms with Crippen molar-refractivity contribution in [3.05, 3.63) is 169 Å². The molecule has 43 heavy (non-hydrogen) atoms. The first-order valence-corrected chi connectivity index (χ1v) is 14.6. The monoisotopic (exact) mass is 550 g/mol. The Hall–Kier alpha value is -5.60. The van der Waals surface area contributed by atoms with Crippen LogP contribution in [0.15, 0.2) is 164 Å². The van der Waals surface area contributed by atoms with Crippen LogP contribution < -0.4 is 0 Å². The highest BCUT2D eigenvalue weighted by molar-refractivity contribution is 5.84. The highest BCUT2D eigenvalue weighted by atomic mass is 14.7. The van der Waals surface area contributed by atoms with E-state index >= 15 is 0 Å². The minimum Gasteiger partial charge on any atom is -0.253 e. The van der Waals surface area contributed by atoms with Crippen LogP contribution >= 0.6 is 0 Å². The SMILES string of the molecule is Cc1cccc(-c2ccc(-c3cc(-c4ccccc4)cc(-c4cc(-c5ccccc5)nc(-c5ccccc5)c4)c3)cc2)n1. The van der Waals surface area contributed by atoms with Gasteiger partial charge in [-0.2, -0.15) is 0 Å². The molecule has 0 N–H and O–H groups in total. The number of hydrogen-bond donors (Lipinski definition) is 0. The van der Waals surface area contributed by atoms with Gasteiger partial charge in [0.2, 0.25) is 0 Å². The van der Waals surface area contributed by atoms with Crippen LogP contribution in [0.3, 0.4) is 0 Å². The van der Waals surface area contributed by atoms with Gasteiger partial charge in [-0.1, -0.05) is 121 Å². The Morgan fingerprint density at radius 3 is 1.19 bits per heavy atom. The molecule has 0 spiro atoms. The van der Waals surface area contributed by atoms with E-state index in [1.54, 1.807) is 0 Å². The number of aromatic nitrogens is 2. The van der Waals surface area contributed by atoms with E-state index in [-0.39, 0.29) is 0 Å². The maximum Gasteiger partial charge on any atom is 0.0715 e. The fourth-order valence-electron chi connectivity index (χ4n) is 5.51. The van der Waals surface area contributed by atoms with E-state index < -0.39 is 0 Å². The van der Waals surface area contributed by atoms with Crippen molar-refractivity contribution in [3.8, 4) is 67.2 Å². The minimum absolute atomic E-state index is 0.957. The predicted molar refractivity (Wildman–Crippen MR) is 179 cm³/mol. The van der Waals surface area contributed by atoms with Crippen LogP contribution in [0.5, 0.6) is 0 Å². The summed E-state index contributed by atoms with van der Waals surface area (Å²) in [6.45, 7) is 2.03. The van der Waals surface area contributed by atoms with E-state index in [0.29, 0.717) is 0 Å². The molecule has 0 bridgehead atoms. The molecule has 2 nitrogen and oxygen atoms in total. The largest absolute Gasteiger partial charge is 0.253 e. The topological polar surface area (TPSA) is 25.8 Å². The molecule has 0 aliphatic rings. The lowest BCUT2D eigenvalue weighted by atomic mass is 9.92. The summed E-state index contributed by atoms with van der Waals surface area (Å²) in [6, 6.07) is 57.6. The molecular formula is C41H30N2. The molecule has 7 aromatic rings. The van der Waals surface area contributed by atoms with Crippen molar-refractivity contribution in [1.29, 1.82) is 0 Å². The first-order chi connectivity index (χ1) is 21.2. The second-order valence-corrected chi connectivity index (χ2v) is 10.8. The highest BCUT2D eigenvalue weighted by Crippen LogP contribution is 2.36. The predicted octanol–water partition coefficient (Wildman–Crippen LogP) is 10.8. The Bertz CT molecular complexity index is 1940. The van der Waals surface area contributed by atoms with E-state index in [1.807, 2.05) is 25.1 Å². The lowest BCUT2D eigenvalue weighted by Gasteiger charge is -2.14. The third kappa shape index (κ3) is 5.77. The molecule has 0 saturated carbocycles. The quantitative estimate of drug-likeness (QED) is 0.206. The van der Waals surface area contributed by atoms with Gasteiger partial charge in [-0.3, -0.25) is 4.98 Å². The Labute approximate surface area is 253 Å². The zero-order chi connectivity index (χ0) is 29.0. The van der Waals surface area contributed by atoms with Gasteiger partial charge in [-0.05, 0) is 82.8 Å². The fraction of sp³-hybridized carbons (Fsp3) is 0.0244. The van der Waals surface area contributed by atoms with Crippen molar-refractivity contribution in [3.63, 3.8) is 0 Å². The third-order valence-corrected chi connectivity index (χ3v) is 7.74. The van der Waals surface area contributed by atoms with Crippen molar-refractivity contribution in [1.82, 2.24) is 9.97 Å². The minimum atomic E-state index is 0.957. The molecule has 7 rings (SSSR count). The summed E-state index contributed by atoms with van der Waals surface area (Å²) in [7, 11) is 0. The second kappa shape index (κ2) is 11.7. The lowest BCUT2D eigenvalue weighted by Crippen LogP contribution is -1.92. The molecule has 2 heteroatoms. The molecule has 0 unspecified atom stereocenters. The number of benzene rings is 5. The first kappa shape index (κ1) is 26.3. The Morgan fingerprint density at radius 2 is 0.674 bits per heavy atom. The van der Waals surface area contributed by atoms with Crippen molar-refractivity contribution < 1.29 is 0 Å². The summed E-state index contributed by atoms with van der Waals surface area (Å²) in [5.41, 5.74) is 14.2. The summed E-state index contributed by atoms with van der Waals surface area (Å²) >= 11 is 0. The summed E-state index contributed by atoms with van der Waals surface area (Å²) < 4.78 is 0. The average molecular weight is 551 g/mol. The molecule has 0 saturated heterocycles. The molecule has 0 fully saturated rings. The Kier molecular flexibility index (Phi) is 7.17. The zero-order valence-electron chi connectivity index (χ0n) is 24.0. The molecule has 2 heterocycles. The normalized spacial score (nSPS) is 10.9. The first-order valence-electron chi connectivity index (χ1n) is 14.6. The van der Waals surface area contributed by atoms with Crippen LogP contribution in [0, 0.1) is 6.92 Å². The summed E-state index contributed by atoms with van der Waals surface area (Å²) in [5, 5.41) is 0. The molecule has 0 amide bonds. The number of nitrogens with zero attached hydrogens (tertiary/aromatic N) is 2. The third-order valence-electron chi connectivity index (χ3n) is 7.74. The van der Waals surface area contributed by atoms with E-state index in [0.717, 1.165) is 56.2 Å². The molecular weight excluding hydrogens is 520 g/mol. The number of pyridine rings is 2. The molecule has 2 aromatic heterocycles. The molecule has 0 aliphatic heterocycles. The van der Waals surface area contributed by atoms with Crippen LogP contribution in [0.4, 0.5) is 0 Å². The maximum atomic E-state index is 5.10. The van der Waals surface area contributed by atoms with Gasteiger partial charge >= 0.3 is 0 Å². The van der Waals surface area contributed by atoms with Crippen LogP contribution in [-0.4, -0.2) is 9.97 Å². The molecule has 0 atom stereocenters. The standard InChI is InChI=1S/C41H30N2/c1-29-12-11-19-39(42-29)34-22-20-31(21-23-34)36-24-35(30-13-5-2-6-14-30)25-37(26-36)38-27-40(32-15-7-3-8-16-32)43-41(28-38)33-17-9-4-10-18-33/h2-28H,1H3. The van der Waals surface area contributed by atoms with Crippen molar-refractivity contribution >= 4 is 0 Å². The Balaban J connectivity index is 1.39. The molecule has 5 aromatic carbocycles. The van der Waals surface area contributed by atoms with E-state index in [2.05, 4.69) is 146 Å². The number of aryl methyl sites for hydroxylation is 1. The zero-order valence-corrected chi connectivity index (χ0v) is 24.0. The fourth-order valence-corrected chi connectivity index (χ4v) is 5.51. The van der Waals surface area contributed by atoms with Crippen LogP contribution in [0.2, 0.25) is 0 Å². The molecule has 0 radical (unpaired) electrons. The van der Waals surface area contributed by atoms with E-state index in [9.17, 15) is 0 Å². The summed E-state index contributed by atoms with van der Waals surface area (Å²) in [4.78, 5) is 9.81. The Morgan fingerprint density at radius 1 is 0.279 bits per heavy atom. The number of hydrogen-bond acceptors (Lipinski definition) is 2.